The molecule has 7 nitrogen and oxygen atoms in total. The number of fused-ring (bicyclic) bond motifs is 1. The summed E-state index contributed by atoms with van der Waals surface area (Å²) in [4.78, 5) is 15.3. The van der Waals surface area contributed by atoms with Gasteiger partial charge in [0, 0.05) is 19.2 Å². The second-order valence-corrected chi connectivity index (χ2v) is 5.04. The van der Waals surface area contributed by atoms with Crippen molar-refractivity contribution in [2.45, 2.75) is 25.4 Å². The van der Waals surface area contributed by atoms with E-state index in [-0.39, 0.29) is 12.5 Å². The molecule has 2 N–H and O–H groups in total. The number of anilines is 1. The minimum absolute atomic E-state index is 0.0363. The van der Waals surface area contributed by atoms with Crippen LogP contribution in [0.2, 0.25) is 0 Å². The zero-order chi connectivity index (χ0) is 17.6. The van der Waals surface area contributed by atoms with Gasteiger partial charge in [0.2, 0.25) is 0 Å². The highest BCUT2D eigenvalue weighted by Gasteiger charge is 2.38. The highest BCUT2D eigenvalue weighted by atomic mass is 19.4. The number of hydrogen-bond donors (Lipinski definition) is 2. The zero-order valence-corrected chi connectivity index (χ0v) is 12.6. The van der Waals surface area contributed by atoms with E-state index < -0.39 is 12.1 Å². The van der Waals surface area contributed by atoms with Gasteiger partial charge in [0.1, 0.15) is 5.52 Å². The molecule has 0 saturated carbocycles. The number of carbonyl (C=O) groups is 1. The molecule has 1 aromatic carbocycles. The summed E-state index contributed by atoms with van der Waals surface area (Å²) < 4.78 is 35.8. The van der Waals surface area contributed by atoms with Crippen molar-refractivity contribution in [1.29, 1.82) is 0 Å². The molecule has 0 fully saturated rings. The Morgan fingerprint density at radius 2 is 1.88 bits per heavy atom. The summed E-state index contributed by atoms with van der Waals surface area (Å²) in [5.41, 5.74) is 0.878. The van der Waals surface area contributed by atoms with Gasteiger partial charge < -0.3 is 15.8 Å². The van der Waals surface area contributed by atoms with Gasteiger partial charge in [0.15, 0.2) is 0 Å². The fraction of sp³-hybridized carbons (Fsp3) is 0.429. The van der Waals surface area contributed by atoms with Gasteiger partial charge in [-0.15, -0.1) is 0 Å². The normalized spacial score (nSPS) is 11.5. The minimum Gasteiger partial charge on any atom is -0.594 e. The Labute approximate surface area is 135 Å². The van der Waals surface area contributed by atoms with Crippen LogP contribution in [0, 0.1) is 5.21 Å². The molecular formula is C14H16F3N5O2. The number of benzene rings is 1. The number of carbonyl (C=O) groups excluding carboxylic acids is 1. The molecule has 1 amide bonds. The lowest BCUT2D eigenvalue weighted by molar-refractivity contribution is -0.641. The van der Waals surface area contributed by atoms with Crippen LogP contribution in [0.1, 0.15) is 19.3 Å². The van der Waals surface area contributed by atoms with Gasteiger partial charge in [0.05, 0.1) is 5.10 Å². The first kappa shape index (κ1) is 17.7. The van der Waals surface area contributed by atoms with Crippen molar-refractivity contribution in [2.24, 2.45) is 0 Å². The van der Waals surface area contributed by atoms with Crippen LogP contribution in [0.4, 0.5) is 19.1 Å². The lowest BCUT2D eigenvalue weighted by Gasteiger charge is -2.08. The summed E-state index contributed by atoms with van der Waals surface area (Å²) in [6.07, 6.45) is -3.18. The predicted molar refractivity (Wildman–Crippen MR) is 79.9 cm³/mol. The van der Waals surface area contributed by atoms with Crippen LogP contribution >= 0.6 is 0 Å². The predicted octanol–water partition coefficient (Wildman–Crippen LogP) is 1.52. The Balaban J connectivity index is 1.69. The van der Waals surface area contributed by atoms with Crippen LogP contribution in [0.15, 0.2) is 24.3 Å². The van der Waals surface area contributed by atoms with E-state index in [4.69, 9.17) is 0 Å². The van der Waals surface area contributed by atoms with Crippen LogP contribution in [0.25, 0.3) is 11.0 Å². The lowest BCUT2D eigenvalue weighted by Crippen LogP contribution is -2.37. The molecule has 0 radical (unpaired) electrons. The SMILES string of the molecule is O=C(NCCCCCNc1nc2ccccc2[n+]([O-])n1)C(F)(F)F. The molecule has 24 heavy (non-hydrogen) atoms. The number of nitrogens with zero attached hydrogens (tertiary/aromatic N) is 3. The molecule has 10 heteroatoms. The van der Waals surface area contributed by atoms with E-state index >= 15 is 0 Å². The van der Waals surface area contributed by atoms with Crippen molar-refractivity contribution < 1.29 is 22.8 Å². The van der Waals surface area contributed by atoms with Crippen LogP contribution in [-0.4, -0.2) is 35.3 Å². The molecular weight excluding hydrogens is 327 g/mol. The van der Waals surface area contributed by atoms with E-state index in [0.29, 0.717) is 41.7 Å². The summed E-state index contributed by atoms with van der Waals surface area (Å²) in [6, 6.07) is 6.78. The molecule has 130 valence electrons. The molecule has 0 spiro atoms. The quantitative estimate of drug-likeness (QED) is 0.452. The first-order chi connectivity index (χ1) is 11.4. The van der Waals surface area contributed by atoms with Gasteiger partial charge in [-0.3, -0.25) is 4.79 Å². The van der Waals surface area contributed by atoms with Crippen LogP contribution in [0.3, 0.4) is 0 Å². The number of nitrogens with one attached hydrogen (secondary N) is 2. The fourth-order valence-corrected chi connectivity index (χ4v) is 2.00. The number of amides is 1. The maximum atomic E-state index is 11.9. The average molecular weight is 343 g/mol. The molecule has 2 aromatic rings. The second kappa shape index (κ2) is 7.75. The van der Waals surface area contributed by atoms with Crippen LogP contribution < -0.4 is 15.5 Å². The van der Waals surface area contributed by atoms with Crippen LogP contribution in [0.5, 0.6) is 0 Å². The molecule has 0 aliphatic rings. The van der Waals surface area contributed by atoms with Crippen molar-refractivity contribution in [1.82, 2.24) is 15.4 Å². The number of hydrogen-bond acceptors (Lipinski definition) is 5. The third kappa shape index (κ3) is 4.93. The number of para-hydroxylation sites is 2. The van der Waals surface area contributed by atoms with Gasteiger partial charge in [-0.25, -0.2) is 4.98 Å². The topological polar surface area (TPSA) is 93.9 Å². The molecule has 1 heterocycles. The Hall–Kier alpha value is -2.65. The molecule has 0 aliphatic carbocycles. The van der Waals surface area contributed by atoms with E-state index in [1.54, 1.807) is 29.6 Å². The summed E-state index contributed by atoms with van der Waals surface area (Å²) in [6.45, 7) is 0.428. The van der Waals surface area contributed by atoms with E-state index in [9.17, 15) is 23.2 Å². The highest BCUT2D eigenvalue weighted by molar-refractivity contribution is 5.81. The summed E-state index contributed by atoms with van der Waals surface area (Å²) in [7, 11) is 0. The number of halogens is 3. The Kier molecular flexibility index (Phi) is 5.72. The minimum atomic E-state index is -4.84. The lowest BCUT2D eigenvalue weighted by atomic mass is 10.2. The summed E-state index contributed by atoms with van der Waals surface area (Å²) >= 11 is 0. The van der Waals surface area contributed by atoms with E-state index in [1.165, 1.54) is 0 Å². The van der Waals surface area contributed by atoms with Gasteiger partial charge in [0.25, 0.3) is 11.5 Å². The first-order valence-electron chi connectivity index (χ1n) is 7.33. The van der Waals surface area contributed by atoms with Gasteiger partial charge in [-0.05, 0) is 30.2 Å². The van der Waals surface area contributed by atoms with Gasteiger partial charge in [-0.2, -0.15) is 13.2 Å². The maximum absolute atomic E-state index is 11.9. The molecule has 0 aliphatic heterocycles. The Morgan fingerprint density at radius 3 is 2.62 bits per heavy atom. The van der Waals surface area contributed by atoms with Gasteiger partial charge >= 0.3 is 12.1 Å². The van der Waals surface area contributed by atoms with E-state index in [1.807, 2.05) is 0 Å². The summed E-state index contributed by atoms with van der Waals surface area (Å²) in [5, 5.41) is 20.2. The maximum Gasteiger partial charge on any atom is 0.471 e. The zero-order valence-electron chi connectivity index (χ0n) is 12.6. The fourth-order valence-electron chi connectivity index (χ4n) is 2.00. The molecule has 0 unspecified atom stereocenters. The molecule has 2 rings (SSSR count). The van der Waals surface area contributed by atoms with Crippen molar-refractivity contribution in [3.63, 3.8) is 0 Å². The monoisotopic (exact) mass is 343 g/mol. The Bertz CT molecular complexity index is 708. The van der Waals surface area contributed by atoms with E-state index in [0.717, 1.165) is 0 Å². The first-order valence-corrected chi connectivity index (χ1v) is 7.33. The molecule has 0 saturated heterocycles. The third-order valence-electron chi connectivity index (χ3n) is 3.18. The van der Waals surface area contributed by atoms with Crippen molar-refractivity contribution in [3.05, 3.63) is 29.5 Å². The number of unbranched alkanes of at least 4 members (excludes halogenated alkanes) is 2. The molecule has 0 atom stereocenters. The smallest absolute Gasteiger partial charge is 0.471 e. The number of rotatable bonds is 7. The standard InChI is InChI=1S/C14H16F3N5O2/c15-14(16,17)12(23)18-8-4-1-5-9-19-13-20-10-6-2-3-7-11(10)22(24)21-13/h2-3,6-7H,1,4-5,8-9H2,(H,18,23)(H,19,20,21). The third-order valence-corrected chi connectivity index (χ3v) is 3.18. The second-order valence-electron chi connectivity index (χ2n) is 5.04. The van der Waals surface area contributed by atoms with Crippen molar-refractivity contribution in [3.8, 4) is 0 Å². The number of alkyl halides is 3. The average Bonchev–Trinajstić information content (AvgIpc) is 2.53. The summed E-state index contributed by atoms with van der Waals surface area (Å²) in [5.74, 6) is -1.74. The largest absolute Gasteiger partial charge is 0.594 e. The van der Waals surface area contributed by atoms with E-state index in [2.05, 4.69) is 15.4 Å². The van der Waals surface area contributed by atoms with Crippen LogP contribution in [-0.2, 0) is 4.79 Å². The molecule has 1 aromatic heterocycles. The van der Waals surface area contributed by atoms with Crippen molar-refractivity contribution in [2.75, 3.05) is 18.4 Å². The van der Waals surface area contributed by atoms with Crippen molar-refractivity contribution >= 4 is 22.9 Å². The Morgan fingerprint density at radius 1 is 1.17 bits per heavy atom. The van der Waals surface area contributed by atoms with Gasteiger partial charge in [-0.1, -0.05) is 12.1 Å². The number of aromatic nitrogens is 3. The highest BCUT2D eigenvalue weighted by Crippen LogP contribution is 2.14. The molecule has 0 bridgehead atoms.